The highest BCUT2D eigenvalue weighted by Crippen LogP contribution is 2.09. The first kappa shape index (κ1) is 10.5. The Morgan fingerprint density at radius 1 is 1.38 bits per heavy atom. The first-order valence-corrected chi connectivity index (χ1v) is 4.73. The molecule has 1 aromatic carbocycles. The van der Waals surface area contributed by atoms with E-state index in [2.05, 4.69) is 10.1 Å². The molecule has 1 aromatic heterocycles. The van der Waals surface area contributed by atoms with Crippen LogP contribution in [0.1, 0.15) is 29.0 Å². The number of nitrogens with zero attached hydrogens (tertiary/aromatic N) is 2. The van der Waals surface area contributed by atoms with E-state index in [0.29, 0.717) is 12.3 Å². The van der Waals surface area contributed by atoms with E-state index in [1.54, 1.807) is 12.1 Å². The Morgan fingerprint density at radius 3 is 2.62 bits per heavy atom. The minimum Gasteiger partial charge on any atom is -0.339 e. The van der Waals surface area contributed by atoms with E-state index in [0.717, 1.165) is 5.56 Å². The number of carbonyl (C=O) groups is 1. The molecule has 0 aliphatic carbocycles. The number of hydrogen-bond donors (Lipinski definition) is 0. The summed E-state index contributed by atoms with van der Waals surface area (Å²) in [6, 6.07) is 5.98. The van der Waals surface area contributed by atoms with Gasteiger partial charge in [-0.3, -0.25) is 4.79 Å². The van der Waals surface area contributed by atoms with Gasteiger partial charge < -0.3 is 4.52 Å². The molecule has 0 saturated heterocycles. The summed E-state index contributed by atoms with van der Waals surface area (Å²) in [5, 5.41) is 3.52. The van der Waals surface area contributed by atoms with Gasteiger partial charge in [-0.05, 0) is 17.7 Å². The van der Waals surface area contributed by atoms with E-state index in [1.165, 1.54) is 19.1 Å². The number of aromatic nitrogens is 2. The van der Waals surface area contributed by atoms with Gasteiger partial charge in [0.15, 0.2) is 0 Å². The minimum atomic E-state index is -0.293. The molecule has 0 aliphatic rings. The topological polar surface area (TPSA) is 56.0 Å². The van der Waals surface area contributed by atoms with Gasteiger partial charge in [-0.2, -0.15) is 4.98 Å². The van der Waals surface area contributed by atoms with Crippen molar-refractivity contribution in [1.29, 1.82) is 0 Å². The third kappa shape index (κ3) is 2.31. The maximum absolute atomic E-state index is 12.6. The van der Waals surface area contributed by atoms with Crippen molar-refractivity contribution in [2.45, 2.75) is 13.3 Å². The van der Waals surface area contributed by atoms with Gasteiger partial charge in [0.25, 0.3) is 0 Å². The predicted molar refractivity (Wildman–Crippen MR) is 53.5 cm³/mol. The molecule has 0 radical (unpaired) electrons. The molecule has 0 N–H and O–H groups in total. The molecular weight excluding hydrogens is 211 g/mol. The summed E-state index contributed by atoms with van der Waals surface area (Å²) in [4.78, 5) is 14.8. The Labute approximate surface area is 91.1 Å². The molecule has 0 aliphatic heterocycles. The van der Waals surface area contributed by atoms with Gasteiger partial charge in [0, 0.05) is 6.92 Å². The summed E-state index contributed by atoms with van der Waals surface area (Å²) in [7, 11) is 0. The van der Waals surface area contributed by atoms with Crippen molar-refractivity contribution in [2.75, 3.05) is 0 Å². The molecule has 2 rings (SSSR count). The first-order chi connectivity index (χ1) is 7.65. The highest BCUT2D eigenvalue weighted by atomic mass is 19.1. The van der Waals surface area contributed by atoms with Gasteiger partial charge >= 0.3 is 0 Å². The molecule has 0 spiro atoms. The monoisotopic (exact) mass is 220 g/mol. The van der Waals surface area contributed by atoms with Crippen molar-refractivity contribution >= 4 is 5.78 Å². The number of carbonyl (C=O) groups excluding carboxylic acids is 1. The maximum atomic E-state index is 12.6. The Morgan fingerprint density at radius 2 is 2.06 bits per heavy atom. The zero-order valence-electron chi connectivity index (χ0n) is 8.61. The summed E-state index contributed by atoms with van der Waals surface area (Å²) in [5.41, 5.74) is 0.847. The number of benzene rings is 1. The largest absolute Gasteiger partial charge is 0.339 e. The molecule has 2 aromatic rings. The van der Waals surface area contributed by atoms with Crippen molar-refractivity contribution < 1.29 is 13.7 Å². The van der Waals surface area contributed by atoms with Crippen molar-refractivity contribution in [1.82, 2.24) is 10.1 Å². The fraction of sp³-hybridized carbons (Fsp3) is 0.182. The van der Waals surface area contributed by atoms with Crippen molar-refractivity contribution in [2.24, 2.45) is 0 Å². The highest BCUT2D eigenvalue weighted by molar-refractivity contribution is 5.89. The second kappa shape index (κ2) is 4.22. The second-order valence-electron chi connectivity index (χ2n) is 3.37. The lowest BCUT2D eigenvalue weighted by atomic mass is 10.1. The minimum absolute atomic E-state index is 0.0668. The van der Waals surface area contributed by atoms with E-state index in [9.17, 15) is 9.18 Å². The average molecular weight is 220 g/mol. The van der Waals surface area contributed by atoms with Gasteiger partial charge in [-0.1, -0.05) is 17.3 Å². The third-order valence-electron chi connectivity index (χ3n) is 2.05. The number of Topliss-reactive ketones (excluding diaryl/α,β-unsaturated/α-hetero) is 1. The van der Waals surface area contributed by atoms with E-state index in [-0.39, 0.29) is 17.4 Å². The van der Waals surface area contributed by atoms with Crippen molar-refractivity contribution in [3.05, 3.63) is 47.4 Å². The summed E-state index contributed by atoms with van der Waals surface area (Å²) < 4.78 is 17.5. The Balaban J connectivity index is 2.14. The molecule has 0 amide bonds. The van der Waals surface area contributed by atoms with Crippen LogP contribution in [0, 0.1) is 5.82 Å². The van der Waals surface area contributed by atoms with Crippen LogP contribution in [0.3, 0.4) is 0 Å². The summed E-state index contributed by atoms with van der Waals surface area (Å²) >= 11 is 0. The lowest BCUT2D eigenvalue weighted by molar-refractivity contribution is 0.100. The van der Waals surface area contributed by atoms with Crippen LogP contribution in [-0.2, 0) is 6.42 Å². The van der Waals surface area contributed by atoms with Crippen molar-refractivity contribution in [3.63, 3.8) is 0 Å². The van der Waals surface area contributed by atoms with Crippen LogP contribution in [0.15, 0.2) is 28.8 Å². The normalized spacial score (nSPS) is 10.4. The van der Waals surface area contributed by atoms with Gasteiger partial charge in [0.05, 0.1) is 6.42 Å². The van der Waals surface area contributed by atoms with Crippen LogP contribution in [0.4, 0.5) is 4.39 Å². The SMILES string of the molecule is CC(=O)c1noc(Cc2ccc(F)cc2)n1. The van der Waals surface area contributed by atoms with E-state index >= 15 is 0 Å². The van der Waals surface area contributed by atoms with Gasteiger partial charge in [0.2, 0.25) is 17.5 Å². The molecule has 4 nitrogen and oxygen atoms in total. The van der Waals surface area contributed by atoms with E-state index < -0.39 is 0 Å². The molecule has 5 heteroatoms. The number of hydrogen-bond acceptors (Lipinski definition) is 4. The van der Waals surface area contributed by atoms with Crippen LogP contribution < -0.4 is 0 Å². The van der Waals surface area contributed by atoms with Gasteiger partial charge in [0.1, 0.15) is 5.82 Å². The molecule has 82 valence electrons. The smallest absolute Gasteiger partial charge is 0.238 e. The molecule has 0 fully saturated rings. The molecular formula is C11H9FN2O2. The number of rotatable bonds is 3. The summed E-state index contributed by atoms with van der Waals surface area (Å²) in [6.07, 6.45) is 0.389. The van der Waals surface area contributed by atoms with Gasteiger partial charge in [-0.25, -0.2) is 4.39 Å². The lowest BCUT2D eigenvalue weighted by Crippen LogP contribution is -1.95. The van der Waals surface area contributed by atoms with Crippen LogP contribution in [0.5, 0.6) is 0 Å². The third-order valence-corrected chi connectivity index (χ3v) is 2.05. The zero-order valence-corrected chi connectivity index (χ0v) is 8.61. The standard InChI is InChI=1S/C11H9FN2O2/c1-7(15)11-13-10(16-14-11)6-8-2-4-9(12)5-3-8/h2-5H,6H2,1H3. The van der Waals surface area contributed by atoms with Gasteiger partial charge in [-0.15, -0.1) is 0 Å². The second-order valence-corrected chi connectivity index (χ2v) is 3.37. The average Bonchev–Trinajstić information content (AvgIpc) is 2.70. The lowest BCUT2D eigenvalue weighted by Gasteiger charge is -1.95. The zero-order chi connectivity index (χ0) is 11.5. The molecule has 0 bridgehead atoms. The molecule has 0 unspecified atom stereocenters. The van der Waals surface area contributed by atoms with Crippen LogP contribution in [-0.4, -0.2) is 15.9 Å². The highest BCUT2D eigenvalue weighted by Gasteiger charge is 2.10. The fourth-order valence-corrected chi connectivity index (χ4v) is 1.25. The predicted octanol–water partition coefficient (Wildman–Crippen LogP) is 2.00. The van der Waals surface area contributed by atoms with E-state index in [1.807, 2.05) is 0 Å². The fourth-order valence-electron chi connectivity index (χ4n) is 1.25. The molecule has 16 heavy (non-hydrogen) atoms. The maximum Gasteiger partial charge on any atom is 0.238 e. The molecule has 1 heterocycles. The number of ketones is 1. The Kier molecular flexibility index (Phi) is 2.76. The van der Waals surface area contributed by atoms with Crippen LogP contribution >= 0.6 is 0 Å². The van der Waals surface area contributed by atoms with Crippen LogP contribution in [0.25, 0.3) is 0 Å². The Hall–Kier alpha value is -2.04. The summed E-state index contributed by atoms with van der Waals surface area (Å²) in [6.45, 7) is 1.37. The van der Waals surface area contributed by atoms with Crippen molar-refractivity contribution in [3.8, 4) is 0 Å². The summed E-state index contributed by atoms with van der Waals surface area (Å²) in [5.74, 6) is -0.123. The van der Waals surface area contributed by atoms with E-state index in [4.69, 9.17) is 4.52 Å². The number of halogens is 1. The Bertz CT molecular complexity index is 505. The first-order valence-electron chi connectivity index (χ1n) is 4.73. The quantitative estimate of drug-likeness (QED) is 0.742. The van der Waals surface area contributed by atoms with Crippen LogP contribution in [0.2, 0.25) is 0 Å². The molecule has 0 atom stereocenters. The molecule has 0 saturated carbocycles.